The summed E-state index contributed by atoms with van der Waals surface area (Å²) in [6.07, 6.45) is 0.850. The van der Waals surface area contributed by atoms with Crippen LogP contribution in [0.4, 0.5) is 4.79 Å². The molecule has 4 aromatic rings. The largest absolute Gasteiger partial charge is 0.497 e. The van der Waals surface area contributed by atoms with Crippen molar-refractivity contribution >= 4 is 28.8 Å². The quantitative estimate of drug-likeness (QED) is 0.272. The molecule has 0 aliphatic carbocycles. The number of amides is 3. The smallest absolute Gasteiger partial charge is 0.286 e. The van der Waals surface area contributed by atoms with Crippen LogP contribution in [0.15, 0.2) is 97.1 Å². The fourth-order valence-electron chi connectivity index (χ4n) is 4.69. The fraction of sp³-hybridized carbons (Fsp3) is 0.182. The number of imide groups is 1. The molecule has 1 saturated heterocycles. The monoisotopic (exact) mass is 550 g/mol. The minimum atomic E-state index is -0.374. The topological polar surface area (TPSA) is 75.7 Å². The summed E-state index contributed by atoms with van der Waals surface area (Å²) in [6.45, 7) is 0.511. The zero-order chi connectivity index (χ0) is 28.1. The van der Waals surface area contributed by atoms with E-state index in [0.29, 0.717) is 19.4 Å². The number of ether oxygens (including phenoxy) is 1. The van der Waals surface area contributed by atoms with Crippen LogP contribution >= 0.6 is 11.8 Å². The summed E-state index contributed by atoms with van der Waals surface area (Å²) >= 11 is 1.04. The van der Waals surface area contributed by atoms with Crippen molar-refractivity contribution in [3.63, 3.8) is 0 Å². The summed E-state index contributed by atoms with van der Waals surface area (Å²) in [5, 5.41) is 1.68. The Kier molecular flexibility index (Phi) is 8.31. The van der Waals surface area contributed by atoms with E-state index in [1.165, 1.54) is 0 Å². The lowest BCUT2D eigenvalue weighted by atomic mass is 10.00. The highest BCUT2D eigenvalue weighted by Gasteiger charge is 2.31. The van der Waals surface area contributed by atoms with E-state index in [0.717, 1.165) is 56.5 Å². The summed E-state index contributed by atoms with van der Waals surface area (Å²) in [5.74, 6) is 0.651. The number of rotatable bonds is 9. The lowest BCUT2D eigenvalue weighted by Crippen LogP contribution is -2.27. The standard InChI is InChI=1S/C33H30N2O4S/c1-35(31(36)20-23-8-10-25(11-9-23)26-14-16-29(39-2)17-15-26)21-24-4-3-5-28(18-24)27-12-6-22(7-13-27)19-30-32(37)34-33(38)40-30/h3-18,30H,19-21H2,1-2H3,(H,34,37,38). The third-order valence-electron chi connectivity index (χ3n) is 6.98. The zero-order valence-electron chi connectivity index (χ0n) is 22.4. The van der Waals surface area contributed by atoms with Crippen LogP contribution in [0, 0.1) is 0 Å². The van der Waals surface area contributed by atoms with Crippen LogP contribution < -0.4 is 10.1 Å². The Morgan fingerprint density at radius 1 is 0.800 bits per heavy atom. The number of nitrogens with zero attached hydrogens (tertiary/aromatic N) is 1. The second-order valence-corrected chi connectivity index (χ2v) is 11.0. The molecule has 6 nitrogen and oxygen atoms in total. The molecule has 0 radical (unpaired) electrons. The Balaban J connectivity index is 1.18. The summed E-state index contributed by atoms with van der Waals surface area (Å²) in [7, 11) is 3.48. The minimum absolute atomic E-state index is 0.0549. The molecule has 1 aliphatic heterocycles. The number of carbonyl (C=O) groups is 3. The van der Waals surface area contributed by atoms with Gasteiger partial charge >= 0.3 is 0 Å². The van der Waals surface area contributed by atoms with Crippen LogP contribution in [-0.4, -0.2) is 41.4 Å². The van der Waals surface area contributed by atoms with E-state index >= 15 is 0 Å². The van der Waals surface area contributed by atoms with Crippen molar-refractivity contribution in [1.29, 1.82) is 0 Å². The highest BCUT2D eigenvalue weighted by Crippen LogP contribution is 2.26. The molecule has 1 aliphatic rings. The fourth-order valence-corrected chi connectivity index (χ4v) is 5.55. The molecule has 40 heavy (non-hydrogen) atoms. The van der Waals surface area contributed by atoms with Gasteiger partial charge < -0.3 is 9.64 Å². The van der Waals surface area contributed by atoms with Gasteiger partial charge in [0.2, 0.25) is 11.8 Å². The van der Waals surface area contributed by atoms with Crippen molar-refractivity contribution in [2.75, 3.05) is 14.2 Å². The third-order valence-corrected chi connectivity index (χ3v) is 7.96. The van der Waals surface area contributed by atoms with E-state index in [9.17, 15) is 14.4 Å². The SMILES string of the molecule is COc1ccc(-c2ccc(CC(=O)N(C)Cc3cccc(-c4ccc(CC5SC(=O)NC5=O)cc4)c3)cc2)cc1. The summed E-state index contributed by atoms with van der Waals surface area (Å²) in [6, 6.07) is 32.2. The second-order valence-electron chi connectivity index (χ2n) is 9.84. The van der Waals surface area contributed by atoms with Gasteiger partial charge in [0.15, 0.2) is 0 Å². The first-order chi connectivity index (χ1) is 19.4. The number of benzene rings is 4. The first-order valence-electron chi connectivity index (χ1n) is 13.0. The molecule has 1 N–H and O–H groups in total. The summed E-state index contributed by atoms with van der Waals surface area (Å²) < 4.78 is 5.23. The Labute approximate surface area is 238 Å². The highest BCUT2D eigenvalue weighted by atomic mass is 32.2. The van der Waals surface area contributed by atoms with Gasteiger partial charge in [-0.05, 0) is 63.6 Å². The summed E-state index contributed by atoms with van der Waals surface area (Å²) in [5.41, 5.74) is 7.32. The van der Waals surface area contributed by atoms with Gasteiger partial charge in [-0.3, -0.25) is 19.7 Å². The molecule has 1 atom stereocenters. The molecule has 0 bridgehead atoms. The second kappa shape index (κ2) is 12.2. The molecular weight excluding hydrogens is 520 g/mol. The van der Waals surface area contributed by atoms with Gasteiger partial charge in [-0.15, -0.1) is 0 Å². The van der Waals surface area contributed by atoms with Crippen molar-refractivity contribution < 1.29 is 19.1 Å². The van der Waals surface area contributed by atoms with Gasteiger partial charge in [-0.1, -0.05) is 90.6 Å². The Hall–Kier alpha value is -4.36. The molecule has 1 heterocycles. The van der Waals surface area contributed by atoms with Gasteiger partial charge in [0.25, 0.3) is 5.24 Å². The average molecular weight is 551 g/mol. The maximum Gasteiger partial charge on any atom is 0.286 e. The maximum absolute atomic E-state index is 13.0. The molecule has 3 amide bonds. The van der Waals surface area contributed by atoms with Gasteiger partial charge in [0.1, 0.15) is 5.75 Å². The first kappa shape index (κ1) is 27.2. The van der Waals surface area contributed by atoms with Crippen LogP contribution in [0.1, 0.15) is 16.7 Å². The van der Waals surface area contributed by atoms with Crippen LogP contribution in [0.5, 0.6) is 5.75 Å². The number of methoxy groups -OCH3 is 1. The molecule has 0 spiro atoms. The van der Waals surface area contributed by atoms with Crippen molar-refractivity contribution in [1.82, 2.24) is 10.2 Å². The van der Waals surface area contributed by atoms with Crippen molar-refractivity contribution in [2.24, 2.45) is 0 Å². The first-order valence-corrected chi connectivity index (χ1v) is 13.9. The van der Waals surface area contributed by atoms with Crippen LogP contribution in [0.2, 0.25) is 0 Å². The molecule has 5 rings (SSSR count). The van der Waals surface area contributed by atoms with Gasteiger partial charge in [-0.25, -0.2) is 0 Å². The molecule has 7 heteroatoms. The third kappa shape index (κ3) is 6.61. The molecular formula is C33H30N2O4S. The van der Waals surface area contributed by atoms with Crippen LogP contribution in [0.3, 0.4) is 0 Å². The lowest BCUT2D eigenvalue weighted by molar-refractivity contribution is -0.129. The number of thioether (sulfide) groups is 1. The van der Waals surface area contributed by atoms with Gasteiger partial charge in [0, 0.05) is 13.6 Å². The predicted molar refractivity (Wildman–Crippen MR) is 159 cm³/mol. The van der Waals surface area contributed by atoms with E-state index < -0.39 is 0 Å². The molecule has 4 aromatic carbocycles. The molecule has 1 fully saturated rings. The van der Waals surface area contributed by atoms with E-state index in [2.05, 4.69) is 11.4 Å². The summed E-state index contributed by atoms with van der Waals surface area (Å²) in [4.78, 5) is 38.0. The van der Waals surface area contributed by atoms with Gasteiger partial charge in [-0.2, -0.15) is 0 Å². The minimum Gasteiger partial charge on any atom is -0.497 e. The lowest BCUT2D eigenvalue weighted by Gasteiger charge is -2.18. The molecule has 0 aromatic heterocycles. The predicted octanol–water partition coefficient (Wildman–Crippen LogP) is 6.12. The van der Waals surface area contributed by atoms with E-state index in [4.69, 9.17) is 4.74 Å². The maximum atomic E-state index is 13.0. The van der Waals surface area contributed by atoms with Crippen molar-refractivity contribution in [3.05, 3.63) is 114 Å². The van der Waals surface area contributed by atoms with E-state index in [1.54, 1.807) is 12.0 Å². The van der Waals surface area contributed by atoms with E-state index in [-0.39, 0.29) is 22.3 Å². The molecule has 1 unspecified atom stereocenters. The number of carbonyl (C=O) groups excluding carboxylic acids is 3. The average Bonchev–Trinajstić information content (AvgIpc) is 3.29. The molecule has 202 valence electrons. The number of hydrogen-bond donors (Lipinski definition) is 1. The Bertz CT molecular complexity index is 1520. The van der Waals surface area contributed by atoms with Crippen LogP contribution in [-0.2, 0) is 29.0 Å². The van der Waals surface area contributed by atoms with Crippen LogP contribution in [0.25, 0.3) is 22.3 Å². The van der Waals surface area contributed by atoms with E-state index in [1.807, 2.05) is 98.0 Å². The number of hydrogen-bond acceptors (Lipinski definition) is 5. The highest BCUT2D eigenvalue weighted by molar-refractivity contribution is 8.15. The normalized spacial score (nSPS) is 14.6. The number of nitrogens with one attached hydrogen (secondary N) is 1. The number of likely N-dealkylation sites (N-methyl/N-ethyl adjacent to an activating group) is 1. The molecule has 0 saturated carbocycles. The Morgan fingerprint density at radius 3 is 2.00 bits per heavy atom. The van der Waals surface area contributed by atoms with Gasteiger partial charge in [0.05, 0.1) is 18.8 Å². The Morgan fingerprint density at radius 2 is 1.40 bits per heavy atom. The van der Waals surface area contributed by atoms with Crippen molar-refractivity contribution in [2.45, 2.75) is 24.6 Å². The zero-order valence-corrected chi connectivity index (χ0v) is 23.2. The van der Waals surface area contributed by atoms with Crippen molar-refractivity contribution in [3.8, 4) is 28.0 Å².